The van der Waals surface area contributed by atoms with Crippen LogP contribution < -0.4 is 0 Å². The molecule has 0 spiro atoms. The Morgan fingerprint density at radius 1 is 1.31 bits per heavy atom. The quantitative estimate of drug-likeness (QED) is 0.695. The number of aromatic amines is 1. The minimum Gasteiger partial charge on any atom is -0.328 e. The van der Waals surface area contributed by atoms with Crippen LogP contribution in [0.2, 0.25) is 0 Å². The number of nitrogens with zero attached hydrogens (tertiary/aromatic N) is 3. The van der Waals surface area contributed by atoms with Crippen LogP contribution in [0.4, 0.5) is 5.82 Å². The highest BCUT2D eigenvalue weighted by molar-refractivity contribution is 5.19. The maximum absolute atomic E-state index is 4.28. The van der Waals surface area contributed by atoms with Gasteiger partial charge in [0.15, 0.2) is 5.82 Å². The number of aromatic nitrogens is 2. The van der Waals surface area contributed by atoms with Gasteiger partial charge in [-0.05, 0) is 12.8 Å². The third-order valence-corrected chi connectivity index (χ3v) is 2.39. The van der Waals surface area contributed by atoms with Gasteiger partial charge in [-0.25, -0.2) is 4.98 Å². The Balaban J connectivity index is 1.89. The Kier molecular flexibility index (Phi) is 2.69. The van der Waals surface area contributed by atoms with E-state index in [4.69, 9.17) is 0 Å². The van der Waals surface area contributed by atoms with Gasteiger partial charge in [0.2, 0.25) is 0 Å². The van der Waals surface area contributed by atoms with E-state index in [1.54, 1.807) is 12.5 Å². The van der Waals surface area contributed by atoms with Crippen molar-refractivity contribution in [3.05, 3.63) is 12.5 Å². The molecule has 0 atom stereocenters. The smallest absolute Gasteiger partial charge is 0.171 e. The maximum atomic E-state index is 4.28. The first-order valence-electron chi connectivity index (χ1n) is 4.84. The van der Waals surface area contributed by atoms with Crippen LogP contribution in [0.1, 0.15) is 32.1 Å². The van der Waals surface area contributed by atoms with Crippen LogP contribution in [0.3, 0.4) is 0 Å². The lowest BCUT2D eigenvalue weighted by atomic mass is 9.96. The Bertz CT molecular complexity index is 259. The molecule has 1 fully saturated rings. The van der Waals surface area contributed by atoms with Crippen molar-refractivity contribution in [2.45, 2.75) is 38.1 Å². The van der Waals surface area contributed by atoms with Gasteiger partial charge in [-0.2, -0.15) is 5.11 Å². The van der Waals surface area contributed by atoms with Crippen molar-refractivity contribution >= 4 is 5.82 Å². The molecule has 4 heteroatoms. The van der Waals surface area contributed by atoms with Crippen molar-refractivity contribution in [1.82, 2.24) is 9.97 Å². The fourth-order valence-electron chi connectivity index (χ4n) is 1.64. The van der Waals surface area contributed by atoms with Crippen LogP contribution in [0, 0.1) is 0 Å². The first-order valence-corrected chi connectivity index (χ1v) is 4.84. The predicted octanol–water partition coefficient (Wildman–Crippen LogP) is 2.83. The second kappa shape index (κ2) is 4.16. The summed E-state index contributed by atoms with van der Waals surface area (Å²) in [5.41, 5.74) is 0. The highest BCUT2D eigenvalue weighted by atomic mass is 15.2. The summed E-state index contributed by atoms with van der Waals surface area (Å²) >= 11 is 0. The van der Waals surface area contributed by atoms with Crippen LogP contribution in [0.25, 0.3) is 0 Å². The molecule has 1 aliphatic carbocycles. The molecule has 70 valence electrons. The fraction of sp³-hybridized carbons (Fsp3) is 0.667. The van der Waals surface area contributed by atoms with Gasteiger partial charge < -0.3 is 4.98 Å². The van der Waals surface area contributed by atoms with E-state index in [-0.39, 0.29) is 0 Å². The van der Waals surface area contributed by atoms with E-state index in [1.165, 1.54) is 32.1 Å². The Hall–Kier alpha value is -1.19. The first kappa shape index (κ1) is 8.41. The lowest BCUT2D eigenvalue weighted by molar-refractivity contribution is 0.432. The fourth-order valence-corrected chi connectivity index (χ4v) is 1.64. The van der Waals surface area contributed by atoms with Gasteiger partial charge in [0, 0.05) is 0 Å². The highest BCUT2D eigenvalue weighted by Crippen LogP contribution is 2.21. The lowest BCUT2D eigenvalue weighted by Gasteiger charge is -2.15. The summed E-state index contributed by atoms with van der Waals surface area (Å²) in [5.74, 6) is 0.755. The molecular weight excluding hydrogens is 164 g/mol. The minimum atomic E-state index is 0.442. The zero-order valence-corrected chi connectivity index (χ0v) is 7.61. The summed E-state index contributed by atoms with van der Waals surface area (Å²) in [6.07, 6.45) is 9.65. The van der Waals surface area contributed by atoms with Crippen LogP contribution >= 0.6 is 0 Å². The SMILES string of the molecule is c1ncc(N=NC2CCCCC2)[nH]1. The van der Waals surface area contributed by atoms with Gasteiger partial charge in [0.25, 0.3) is 0 Å². The van der Waals surface area contributed by atoms with E-state index >= 15 is 0 Å². The number of hydrogen-bond donors (Lipinski definition) is 1. The second-order valence-electron chi connectivity index (χ2n) is 3.44. The Morgan fingerprint density at radius 2 is 2.15 bits per heavy atom. The molecular formula is C9H14N4. The summed E-state index contributed by atoms with van der Waals surface area (Å²) in [6, 6.07) is 0.442. The normalized spacial score (nSPS) is 19.7. The van der Waals surface area contributed by atoms with Crippen molar-refractivity contribution in [3.63, 3.8) is 0 Å². The number of nitrogens with one attached hydrogen (secondary N) is 1. The average molecular weight is 178 g/mol. The van der Waals surface area contributed by atoms with E-state index in [9.17, 15) is 0 Å². The van der Waals surface area contributed by atoms with Gasteiger partial charge in [-0.1, -0.05) is 19.3 Å². The van der Waals surface area contributed by atoms with Crippen LogP contribution in [-0.4, -0.2) is 16.0 Å². The highest BCUT2D eigenvalue weighted by Gasteiger charge is 2.11. The molecule has 0 unspecified atom stereocenters. The number of rotatable bonds is 2. The number of imidazole rings is 1. The Morgan fingerprint density at radius 3 is 2.85 bits per heavy atom. The maximum Gasteiger partial charge on any atom is 0.171 e. The molecule has 1 aliphatic rings. The molecule has 0 aromatic carbocycles. The summed E-state index contributed by atoms with van der Waals surface area (Å²) in [4.78, 5) is 6.78. The molecule has 4 nitrogen and oxygen atoms in total. The van der Waals surface area contributed by atoms with Crippen molar-refractivity contribution in [3.8, 4) is 0 Å². The molecule has 13 heavy (non-hydrogen) atoms. The Labute approximate surface area is 77.5 Å². The van der Waals surface area contributed by atoms with Crippen molar-refractivity contribution in [2.75, 3.05) is 0 Å². The van der Waals surface area contributed by atoms with Crippen molar-refractivity contribution < 1.29 is 0 Å². The van der Waals surface area contributed by atoms with Crippen LogP contribution in [0.15, 0.2) is 22.8 Å². The molecule has 0 bridgehead atoms. The third kappa shape index (κ3) is 2.37. The summed E-state index contributed by atoms with van der Waals surface area (Å²) in [7, 11) is 0. The lowest BCUT2D eigenvalue weighted by Crippen LogP contribution is -2.08. The second-order valence-corrected chi connectivity index (χ2v) is 3.44. The predicted molar refractivity (Wildman–Crippen MR) is 50.0 cm³/mol. The zero-order valence-electron chi connectivity index (χ0n) is 7.61. The molecule has 1 aromatic heterocycles. The number of hydrogen-bond acceptors (Lipinski definition) is 3. The molecule has 1 N–H and O–H groups in total. The molecule has 1 aromatic rings. The van der Waals surface area contributed by atoms with E-state index in [1.807, 2.05) is 0 Å². The van der Waals surface area contributed by atoms with Crippen LogP contribution in [0.5, 0.6) is 0 Å². The van der Waals surface area contributed by atoms with E-state index < -0.39 is 0 Å². The average Bonchev–Trinajstić information content (AvgIpc) is 2.69. The molecule has 0 aliphatic heterocycles. The minimum absolute atomic E-state index is 0.442. The van der Waals surface area contributed by atoms with Gasteiger partial charge in [0.05, 0.1) is 18.6 Å². The molecule has 0 radical (unpaired) electrons. The molecule has 1 saturated carbocycles. The van der Waals surface area contributed by atoms with Gasteiger partial charge in [-0.3, -0.25) is 0 Å². The molecule has 0 amide bonds. The molecule has 2 rings (SSSR count). The van der Waals surface area contributed by atoms with Gasteiger partial charge >= 0.3 is 0 Å². The largest absolute Gasteiger partial charge is 0.328 e. The number of azo groups is 1. The molecule has 0 saturated heterocycles. The monoisotopic (exact) mass is 178 g/mol. The van der Waals surface area contributed by atoms with E-state index in [0.717, 1.165) is 5.82 Å². The topological polar surface area (TPSA) is 53.4 Å². The summed E-state index contributed by atoms with van der Waals surface area (Å²) in [6.45, 7) is 0. The van der Waals surface area contributed by atoms with Crippen molar-refractivity contribution in [2.24, 2.45) is 10.2 Å². The summed E-state index contributed by atoms with van der Waals surface area (Å²) < 4.78 is 0. The molecule has 1 heterocycles. The summed E-state index contributed by atoms with van der Waals surface area (Å²) in [5, 5.41) is 8.38. The third-order valence-electron chi connectivity index (χ3n) is 2.39. The van der Waals surface area contributed by atoms with E-state index in [0.29, 0.717) is 6.04 Å². The van der Waals surface area contributed by atoms with E-state index in [2.05, 4.69) is 20.2 Å². The standard InChI is InChI=1S/C9H14N4/c1-2-4-8(5-3-1)12-13-9-6-10-7-11-9/h6-8H,1-5H2,(H,10,11). The van der Waals surface area contributed by atoms with Crippen LogP contribution in [-0.2, 0) is 0 Å². The van der Waals surface area contributed by atoms with Gasteiger partial charge in [-0.15, -0.1) is 5.11 Å². The number of H-pyrrole nitrogens is 1. The van der Waals surface area contributed by atoms with Gasteiger partial charge in [0.1, 0.15) is 0 Å². The zero-order chi connectivity index (χ0) is 8.93. The first-order chi connectivity index (χ1) is 6.45. The van der Waals surface area contributed by atoms with Crippen molar-refractivity contribution in [1.29, 1.82) is 0 Å².